The number of carbonyl (C=O) groups is 1. The van der Waals surface area contributed by atoms with Crippen LogP contribution in [-0.4, -0.2) is 25.3 Å². The number of methoxy groups -OCH3 is 1. The van der Waals surface area contributed by atoms with Gasteiger partial charge in [0.15, 0.2) is 0 Å². The van der Waals surface area contributed by atoms with Crippen LogP contribution in [0.2, 0.25) is 0 Å². The molecule has 3 rings (SSSR count). The van der Waals surface area contributed by atoms with E-state index in [0.29, 0.717) is 24.3 Å². The Hall–Kier alpha value is -2.76. The van der Waals surface area contributed by atoms with Crippen molar-refractivity contribution in [1.82, 2.24) is 0 Å². The summed E-state index contributed by atoms with van der Waals surface area (Å²) in [6, 6.07) is 3.89. The fourth-order valence-electron chi connectivity index (χ4n) is 3.39. The fraction of sp³-hybridized carbons (Fsp3) is 0.429. The minimum absolute atomic E-state index is 0.214. The van der Waals surface area contributed by atoms with Gasteiger partial charge in [-0.1, -0.05) is 45.1 Å². The number of nitrogens with zero attached hydrogens (tertiary/aromatic N) is 3. The Balaban J connectivity index is 2.04. The number of hydrogen-bond acceptors (Lipinski definition) is 6. The third kappa shape index (κ3) is 3.99. The summed E-state index contributed by atoms with van der Waals surface area (Å²) in [5.74, 6) is -0.0412. The first kappa shape index (κ1) is 19.0. The summed E-state index contributed by atoms with van der Waals surface area (Å²) >= 11 is 0. The van der Waals surface area contributed by atoms with Gasteiger partial charge in [0.1, 0.15) is 5.69 Å². The van der Waals surface area contributed by atoms with Crippen molar-refractivity contribution < 1.29 is 9.53 Å². The zero-order chi connectivity index (χ0) is 19.6. The Morgan fingerprint density at radius 2 is 2.11 bits per heavy atom. The van der Waals surface area contributed by atoms with Crippen LogP contribution in [0.3, 0.4) is 0 Å². The van der Waals surface area contributed by atoms with Crippen molar-refractivity contribution in [1.29, 1.82) is 0 Å². The second-order valence-electron chi connectivity index (χ2n) is 7.89. The Labute approximate surface area is 159 Å². The number of anilines is 1. The van der Waals surface area contributed by atoms with Gasteiger partial charge in [0.05, 0.1) is 25.1 Å². The zero-order valence-corrected chi connectivity index (χ0v) is 16.2. The van der Waals surface area contributed by atoms with Gasteiger partial charge in [-0.25, -0.2) is 0 Å². The van der Waals surface area contributed by atoms with Crippen LogP contribution in [-0.2, 0) is 21.4 Å². The van der Waals surface area contributed by atoms with Crippen LogP contribution in [0.25, 0.3) is 0 Å². The summed E-state index contributed by atoms with van der Waals surface area (Å²) < 4.78 is 4.75. The number of nitroso groups, excluding NO2 is 1. The summed E-state index contributed by atoms with van der Waals surface area (Å²) in [5.41, 5.74) is 3.65. The maximum Gasteiger partial charge on any atom is 0.305 e. The molecule has 6 nitrogen and oxygen atoms in total. The largest absolute Gasteiger partial charge is 0.469 e. The molecule has 0 N–H and O–H groups in total. The van der Waals surface area contributed by atoms with E-state index in [9.17, 15) is 9.70 Å². The summed E-state index contributed by atoms with van der Waals surface area (Å²) in [4.78, 5) is 23.3. The van der Waals surface area contributed by atoms with E-state index in [0.717, 1.165) is 16.8 Å². The number of hydrazone groups is 1. The Morgan fingerprint density at radius 3 is 2.74 bits per heavy atom. The highest BCUT2D eigenvalue weighted by atomic mass is 16.5. The quantitative estimate of drug-likeness (QED) is 0.571. The van der Waals surface area contributed by atoms with E-state index in [1.807, 2.05) is 56.1 Å². The highest BCUT2D eigenvalue weighted by Gasteiger charge is 2.30. The van der Waals surface area contributed by atoms with Crippen molar-refractivity contribution in [3.8, 4) is 0 Å². The van der Waals surface area contributed by atoms with Gasteiger partial charge >= 0.3 is 5.97 Å². The van der Waals surface area contributed by atoms with Crippen LogP contribution in [0, 0.1) is 10.8 Å². The lowest BCUT2D eigenvalue weighted by atomic mass is 9.83. The first-order valence-corrected chi connectivity index (χ1v) is 9.12. The Morgan fingerprint density at radius 1 is 1.33 bits per heavy atom. The number of fused-ring (bicyclic) bond motifs is 1. The van der Waals surface area contributed by atoms with E-state index >= 15 is 0 Å². The molecule has 1 unspecified atom stereocenters. The monoisotopic (exact) mass is 367 g/mol. The lowest BCUT2D eigenvalue weighted by Crippen LogP contribution is -2.20. The van der Waals surface area contributed by atoms with E-state index < -0.39 is 0 Å². The summed E-state index contributed by atoms with van der Waals surface area (Å²) in [6.07, 6.45) is 8.90. The Bertz CT molecular complexity index is 847. The third-order valence-corrected chi connectivity index (χ3v) is 4.88. The maximum absolute atomic E-state index is 11.8. The molecule has 2 aliphatic rings. The maximum atomic E-state index is 11.8. The molecule has 0 aromatic heterocycles. The van der Waals surface area contributed by atoms with Crippen molar-refractivity contribution in [2.24, 2.45) is 16.2 Å². The minimum atomic E-state index is -0.265. The van der Waals surface area contributed by atoms with Crippen LogP contribution in [0.15, 0.2) is 46.7 Å². The molecule has 0 fully saturated rings. The zero-order valence-electron chi connectivity index (χ0n) is 16.2. The van der Waals surface area contributed by atoms with Gasteiger partial charge in [-0.15, -0.1) is 4.91 Å². The summed E-state index contributed by atoms with van der Waals surface area (Å²) in [7, 11) is 1.39. The molecule has 0 amide bonds. The molecule has 0 radical (unpaired) electrons. The van der Waals surface area contributed by atoms with Gasteiger partial charge in [-0.3, -0.25) is 9.80 Å². The van der Waals surface area contributed by atoms with Crippen molar-refractivity contribution in [2.75, 3.05) is 18.7 Å². The molecule has 0 spiro atoms. The molecule has 1 heterocycles. The van der Waals surface area contributed by atoms with Crippen LogP contribution in [0.5, 0.6) is 0 Å². The molecule has 27 heavy (non-hydrogen) atoms. The number of rotatable bonds is 5. The fourth-order valence-corrected chi connectivity index (χ4v) is 3.39. The standard InChI is InChI=1S/C21H25N3O3/c1-21(2,3)16-11-14(9-10-19(25)27-4)12-18(20(16)23-26)24-13-15-7-5-6-8-17(15)22-24/h5-8,11-12,15H,9-10,13H2,1-4H3. The number of hydrogen-bond donors (Lipinski definition) is 0. The molecule has 1 aliphatic carbocycles. The molecule has 142 valence electrons. The van der Waals surface area contributed by atoms with Crippen molar-refractivity contribution in [3.63, 3.8) is 0 Å². The van der Waals surface area contributed by atoms with Crippen LogP contribution in [0.1, 0.15) is 38.3 Å². The molecule has 1 aromatic carbocycles. The number of esters is 1. The van der Waals surface area contributed by atoms with Crippen molar-refractivity contribution in [3.05, 3.63) is 52.5 Å². The molecule has 6 heteroatoms. The number of aryl methyl sites for hydroxylation is 1. The topological polar surface area (TPSA) is 71.3 Å². The number of ether oxygens (including phenoxy) is 1. The number of benzene rings is 1. The van der Waals surface area contributed by atoms with E-state index in [1.165, 1.54) is 7.11 Å². The van der Waals surface area contributed by atoms with Gasteiger partial charge in [0.2, 0.25) is 0 Å². The lowest BCUT2D eigenvalue weighted by molar-refractivity contribution is -0.140. The smallest absolute Gasteiger partial charge is 0.305 e. The van der Waals surface area contributed by atoms with Gasteiger partial charge in [-0.05, 0) is 40.3 Å². The SMILES string of the molecule is COC(=O)CCc1cc(N2CC3C=CC=CC3=N2)c(N=O)c(C(C)(C)C)c1. The van der Waals surface area contributed by atoms with E-state index in [-0.39, 0.29) is 23.7 Å². The van der Waals surface area contributed by atoms with Crippen LogP contribution in [0.4, 0.5) is 11.4 Å². The lowest BCUT2D eigenvalue weighted by Gasteiger charge is -2.25. The minimum Gasteiger partial charge on any atom is -0.469 e. The van der Waals surface area contributed by atoms with Gasteiger partial charge in [0.25, 0.3) is 0 Å². The molecule has 0 saturated carbocycles. The van der Waals surface area contributed by atoms with Crippen LogP contribution < -0.4 is 5.01 Å². The first-order valence-electron chi connectivity index (χ1n) is 9.12. The van der Waals surface area contributed by atoms with E-state index in [2.05, 4.69) is 16.4 Å². The molecule has 1 aliphatic heterocycles. The summed E-state index contributed by atoms with van der Waals surface area (Å²) in [6.45, 7) is 6.81. The first-order chi connectivity index (χ1) is 12.8. The molecule has 0 bridgehead atoms. The Kier molecular flexibility index (Phi) is 5.26. The predicted molar refractivity (Wildman–Crippen MR) is 107 cm³/mol. The molecule has 0 saturated heterocycles. The van der Waals surface area contributed by atoms with Gasteiger partial charge in [-0.2, -0.15) is 5.10 Å². The second-order valence-corrected chi connectivity index (χ2v) is 7.89. The van der Waals surface area contributed by atoms with E-state index in [1.54, 1.807) is 0 Å². The average Bonchev–Trinajstić information content (AvgIpc) is 3.08. The molecular formula is C21H25N3O3. The highest BCUT2D eigenvalue weighted by molar-refractivity contribution is 6.02. The van der Waals surface area contributed by atoms with Gasteiger partial charge in [0, 0.05) is 12.3 Å². The normalized spacial score (nSPS) is 18.3. The van der Waals surface area contributed by atoms with Crippen molar-refractivity contribution in [2.45, 2.75) is 39.0 Å². The average molecular weight is 367 g/mol. The van der Waals surface area contributed by atoms with E-state index in [4.69, 9.17) is 4.74 Å². The van der Waals surface area contributed by atoms with Gasteiger partial charge < -0.3 is 4.74 Å². The molecule has 1 aromatic rings. The van der Waals surface area contributed by atoms with Crippen LogP contribution >= 0.6 is 0 Å². The number of carbonyl (C=O) groups excluding carboxylic acids is 1. The third-order valence-electron chi connectivity index (χ3n) is 4.88. The highest BCUT2D eigenvalue weighted by Crippen LogP contribution is 2.42. The van der Waals surface area contributed by atoms with Crippen molar-refractivity contribution >= 4 is 23.1 Å². The molecular weight excluding hydrogens is 342 g/mol. The second kappa shape index (κ2) is 7.47. The summed E-state index contributed by atoms with van der Waals surface area (Å²) in [5, 5.41) is 9.90. The molecule has 1 atom stereocenters. The predicted octanol–water partition coefficient (Wildman–Crippen LogP) is 4.41. The number of allylic oxidation sites excluding steroid dienone is 3.